The molecule has 0 nitrogen and oxygen atoms in total. The third-order valence-electron chi connectivity index (χ3n) is 11.1. The van der Waals surface area contributed by atoms with E-state index in [1.165, 1.54) is 88.3 Å². The molecule has 49 heavy (non-hydrogen) atoms. The van der Waals surface area contributed by atoms with Crippen LogP contribution in [-0.4, -0.2) is 0 Å². The van der Waals surface area contributed by atoms with Gasteiger partial charge in [-0.15, -0.1) is 0 Å². The largest absolute Gasteiger partial charge is 0.0732 e. The highest BCUT2D eigenvalue weighted by atomic mass is 14.4. The first kappa shape index (κ1) is 31.3. The van der Waals surface area contributed by atoms with Gasteiger partial charge in [-0.25, -0.2) is 0 Å². The van der Waals surface area contributed by atoms with E-state index in [0.717, 1.165) is 6.42 Å². The van der Waals surface area contributed by atoms with Gasteiger partial charge in [0.05, 0.1) is 0 Å². The molecule has 0 amide bonds. The number of aryl methyl sites for hydroxylation is 1. The molecule has 0 radical (unpaired) electrons. The van der Waals surface area contributed by atoms with Crippen LogP contribution in [-0.2, 0) is 17.3 Å². The molecule has 0 aromatic heterocycles. The first-order valence-electron chi connectivity index (χ1n) is 17.9. The molecule has 0 heteroatoms. The summed E-state index contributed by atoms with van der Waals surface area (Å²) < 4.78 is 0. The molecule has 2 aliphatic carbocycles. The second kappa shape index (κ2) is 11.6. The molecule has 0 heterocycles. The molecule has 0 aliphatic heterocycles. The van der Waals surface area contributed by atoms with Gasteiger partial charge in [0.2, 0.25) is 0 Å². The number of benzene rings is 6. The highest BCUT2D eigenvalue weighted by Gasteiger charge is 2.32. The van der Waals surface area contributed by atoms with Crippen molar-refractivity contribution in [3.05, 3.63) is 184 Å². The van der Waals surface area contributed by atoms with Crippen molar-refractivity contribution in [3.63, 3.8) is 0 Å². The van der Waals surface area contributed by atoms with Crippen LogP contribution in [0.1, 0.15) is 90.6 Å². The Hall–Kier alpha value is -4.94. The third kappa shape index (κ3) is 5.30. The average Bonchev–Trinajstić information content (AvgIpc) is 3.73. The predicted molar refractivity (Wildman–Crippen MR) is 212 cm³/mol. The van der Waals surface area contributed by atoms with E-state index in [2.05, 4.69) is 182 Å². The van der Waals surface area contributed by atoms with E-state index < -0.39 is 0 Å². The Morgan fingerprint density at radius 1 is 0.633 bits per heavy atom. The Balaban J connectivity index is 1.35. The summed E-state index contributed by atoms with van der Waals surface area (Å²) in [5.41, 5.74) is 16.6. The standard InChI is InChI=1S/C49H46/c1-31-26-36-27-43-42(29-46(48(3,4)5)32(2)47(43)35-18-8-9-19-35)41(36)28-45(31)49(6,7)30-44(39-24-14-20-33-16-10-12-22-37(33)39)40-25-15-21-34-17-11-13-23-38(34)40/h8-26,28-30,35H,27H2,1-7H3. The molecule has 242 valence electrons. The van der Waals surface area contributed by atoms with E-state index in [4.69, 9.17) is 0 Å². The lowest BCUT2D eigenvalue weighted by molar-refractivity contribution is 0.584. The van der Waals surface area contributed by atoms with E-state index >= 15 is 0 Å². The van der Waals surface area contributed by atoms with Crippen molar-refractivity contribution in [3.8, 4) is 11.1 Å². The van der Waals surface area contributed by atoms with Crippen LogP contribution in [0.15, 0.2) is 134 Å². The van der Waals surface area contributed by atoms with Crippen molar-refractivity contribution in [2.75, 3.05) is 0 Å². The second-order valence-corrected chi connectivity index (χ2v) is 15.9. The monoisotopic (exact) mass is 634 g/mol. The van der Waals surface area contributed by atoms with Crippen molar-refractivity contribution in [1.29, 1.82) is 0 Å². The first-order chi connectivity index (χ1) is 23.5. The van der Waals surface area contributed by atoms with E-state index in [-0.39, 0.29) is 10.8 Å². The minimum Gasteiger partial charge on any atom is -0.0732 e. The van der Waals surface area contributed by atoms with Crippen LogP contribution in [0, 0.1) is 13.8 Å². The average molecular weight is 635 g/mol. The van der Waals surface area contributed by atoms with Gasteiger partial charge in [0, 0.05) is 11.3 Å². The van der Waals surface area contributed by atoms with Gasteiger partial charge in [-0.1, -0.05) is 162 Å². The molecule has 2 aliphatic rings. The van der Waals surface area contributed by atoms with Crippen molar-refractivity contribution in [2.45, 2.75) is 71.6 Å². The molecule has 0 saturated carbocycles. The summed E-state index contributed by atoms with van der Waals surface area (Å²) in [7, 11) is 0. The topological polar surface area (TPSA) is 0 Å². The highest BCUT2D eigenvalue weighted by Crippen LogP contribution is 2.48. The normalized spacial score (nSPS) is 14.1. The van der Waals surface area contributed by atoms with Crippen LogP contribution in [0.2, 0.25) is 0 Å². The summed E-state index contributed by atoms with van der Waals surface area (Å²) in [5, 5.41) is 5.10. The molecule has 8 rings (SSSR count). The summed E-state index contributed by atoms with van der Waals surface area (Å²) >= 11 is 0. The lowest BCUT2D eigenvalue weighted by atomic mass is 9.76. The van der Waals surface area contributed by atoms with E-state index in [0.29, 0.717) is 5.92 Å². The molecule has 0 N–H and O–H groups in total. The van der Waals surface area contributed by atoms with Crippen LogP contribution in [0.3, 0.4) is 0 Å². The summed E-state index contributed by atoms with van der Waals surface area (Å²) in [6, 6.07) is 38.7. The molecule has 6 aromatic rings. The Morgan fingerprint density at radius 3 is 1.78 bits per heavy atom. The van der Waals surface area contributed by atoms with Crippen molar-refractivity contribution in [1.82, 2.24) is 0 Å². The molecule has 6 aromatic carbocycles. The molecule has 0 bridgehead atoms. The van der Waals surface area contributed by atoms with Gasteiger partial charge in [0.25, 0.3) is 0 Å². The number of allylic oxidation sites excluding steroid dienone is 5. The van der Waals surface area contributed by atoms with Gasteiger partial charge >= 0.3 is 0 Å². The van der Waals surface area contributed by atoms with Crippen molar-refractivity contribution < 1.29 is 0 Å². The molecule has 0 fully saturated rings. The fourth-order valence-electron chi connectivity index (χ4n) is 8.85. The molecule has 0 spiro atoms. The maximum atomic E-state index is 2.55. The quantitative estimate of drug-likeness (QED) is 0.177. The van der Waals surface area contributed by atoms with Gasteiger partial charge in [0.1, 0.15) is 0 Å². The zero-order valence-corrected chi connectivity index (χ0v) is 30.0. The van der Waals surface area contributed by atoms with E-state index in [1.54, 1.807) is 0 Å². The maximum absolute atomic E-state index is 2.55. The summed E-state index contributed by atoms with van der Waals surface area (Å²) in [5.74, 6) is 0.342. The Labute approximate surface area is 292 Å². The number of hydrogen-bond donors (Lipinski definition) is 0. The van der Waals surface area contributed by atoms with Gasteiger partial charge in [-0.05, 0) is 120 Å². The highest BCUT2D eigenvalue weighted by molar-refractivity contribution is 6.04. The lowest BCUT2D eigenvalue weighted by Gasteiger charge is -2.28. The van der Waals surface area contributed by atoms with Gasteiger partial charge in [-0.3, -0.25) is 0 Å². The predicted octanol–water partition coefficient (Wildman–Crippen LogP) is 13.1. The van der Waals surface area contributed by atoms with Gasteiger partial charge in [-0.2, -0.15) is 0 Å². The third-order valence-corrected chi connectivity index (χ3v) is 11.1. The summed E-state index contributed by atoms with van der Waals surface area (Å²) in [6.45, 7) is 16.6. The molecule has 0 unspecified atom stereocenters. The maximum Gasteiger partial charge on any atom is 0.0210 e. The molecule has 0 saturated heterocycles. The van der Waals surface area contributed by atoms with E-state index in [9.17, 15) is 0 Å². The minimum absolute atomic E-state index is 0.0595. The fourth-order valence-corrected chi connectivity index (χ4v) is 8.85. The lowest BCUT2D eigenvalue weighted by Crippen LogP contribution is -2.17. The van der Waals surface area contributed by atoms with Crippen LogP contribution in [0.25, 0.3) is 38.2 Å². The fraction of sp³-hybridized carbons (Fsp3) is 0.224. The summed E-state index contributed by atoms with van der Waals surface area (Å²) in [4.78, 5) is 0. The van der Waals surface area contributed by atoms with Crippen LogP contribution >= 0.6 is 0 Å². The van der Waals surface area contributed by atoms with Gasteiger partial charge in [0.15, 0.2) is 0 Å². The van der Waals surface area contributed by atoms with Crippen molar-refractivity contribution >= 4 is 27.1 Å². The van der Waals surface area contributed by atoms with Crippen molar-refractivity contribution in [2.24, 2.45) is 0 Å². The Morgan fingerprint density at radius 2 is 1.18 bits per heavy atom. The zero-order valence-electron chi connectivity index (χ0n) is 30.0. The second-order valence-electron chi connectivity index (χ2n) is 15.9. The van der Waals surface area contributed by atoms with Crippen LogP contribution in [0.4, 0.5) is 0 Å². The first-order valence-corrected chi connectivity index (χ1v) is 17.9. The number of rotatable bonds is 5. The minimum atomic E-state index is -0.248. The molecular weight excluding hydrogens is 589 g/mol. The Kier molecular flexibility index (Phi) is 7.41. The zero-order chi connectivity index (χ0) is 34.1. The molecular formula is C49H46. The van der Waals surface area contributed by atoms with E-state index in [1.807, 2.05) is 0 Å². The summed E-state index contributed by atoms with van der Waals surface area (Å²) in [6.07, 6.45) is 12.7. The number of fused-ring (bicyclic) bond motifs is 5. The van der Waals surface area contributed by atoms with Crippen LogP contribution in [0.5, 0.6) is 0 Å². The van der Waals surface area contributed by atoms with Crippen LogP contribution < -0.4 is 0 Å². The number of hydrogen-bond acceptors (Lipinski definition) is 0. The SMILES string of the molecule is Cc1cc2c(cc1C(C)(C)C=C(c1cccc3ccccc13)c1cccc3ccccc13)-c1cc(C(C)(C)C)c(C)c(C3C=CC=C3)c1C2. The van der Waals surface area contributed by atoms with Gasteiger partial charge < -0.3 is 0 Å². The smallest absolute Gasteiger partial charge is 0.0210 e. The molecule has 0 atom stereocenters. The Bertz CT molecular complexity index is 2280.